The van der Waals surface area contributed by atoms with Gasteiger partial charge in [-0.05, 0) is 23.7 Å². The fourth-order valence-corrected chi connectivity index (χ4v) is 1.22. The van der Waals surface area contributed by atoms with Crippen LogP contribution in [0.4, 0.5) is 0 Å². The second-order valence-electron chi connectivity index (χ2n) is 2.79. The van der Waals surface area contributed by atoms with Crippen LogP contribution >= 0.6 is 0 Å². The molecule has 0 fully saturated rings. The zero-order chi connectivity index (χ0) is 10.5. The number of fused-ring (bicyclic) bond motifs is 1. The van der Waals surface area contributed by atoms with Gasteiger partial charge < -0.3 is 0 Å². The predicted molar refractivity (Wildman–Crippen MR) is 56.0 cm³/mol. The quantitative estimate of drug-likeness (QED) is 0.431. The van der Waals surface area contributed by atoms with Crippen LogP contribution in [0.2, 0.25) is 0 Å². The molecule has 0 radical (unpaired) electrons. The summed E-state index contributed by atoms with van der Waals surface area (Å²) in [4.78, 5) is 6.82. The SMILES string of the molecule is [N-]=[N+]=NCC=Cc1cnc2cccnn12. The number of imidazole rings is 1. The van der Waals surface area contributed by atoms with Crippen LogP contribution in [-0.4, -0.2) is 21.1 Å². The van der Waals surface area contributed by atoms with E-state index in [9.17, 15) is 0 Å². The molecule has 0 amide bonds. The molecule has 0 unspecified atom stereocenters. The fourth-order valence-electron chi connectivity index (χ4n) is 1.22. The fraction of sp³-hybridized carbons (Fsp3) is 0.111. The highest BCUT2D eigenvalue weighted by Crippen LogP contribution is 2.05. The third-order valence-corrected chi connectivity index (χ3v) is 1.84. The normalized spacial score (nSPS) is 10.7. The minimum absolute atomic E-state index is 0.330. The molecule has 15 heavy (non-hydrogen) atoms. The first-order valence-corrected chi connectivity index (χ1v) is 4.38. The van der Waals surface area contributed by atoms with Gasteiger partial charge in [0.15, 0.2) is 5.65 Å². The Morgan fingerprint density at radius 1 is 1.60 bits per heavy atom. The number of hydrogen-bond acceptors (Lipinski definition) is 3. The summed E-state index contributed by atoms with van der Waals surface area (Å²) in [6.45, 7) is 0.330. The molecule has 0 aliphatic carbocycles. The van der Waals surface area contributed by atoms with E-state index in [4.69, 9.17) is 5.53 Å². The van der Waals surface area contributed by atoms with Crippen molar-refractivity contribution in [2.75, 3.05) is 6.54 Å². The van der Waals surface area contributed by atoms with Crippen molar-refractivity contribution in [3.8, 4) is 0 Å². The maximum atomic E-state index is 8.09. The van der Waals surface area contributed by atoms with Crippen LogP contribution in [0, 0.1) is 0 Å². The van der Waals surface area contributed by atoms with Gasteiger partial charge >= 0.3 is 0 Å². The third kappa shape index (κ3) is 1.95. The van der Waals surface area contributed by atoms with Gasteiger partial charge in [-0.1, -0.05) is 11.2 Å². The van der Waals surface area contributed by atoms with Gasteiger partial charge in [0.2, 0.25) is 0 Å². The molecule has 2 aromatic rings. The Hall–Kier alpha value is -2.33. The Kier molecular flexibility index (Phi) is 2.62. The number of nitrogens with zero attached hydrogens (tertiary/aromatic N) is 6. The molecule has 0 bridgehead atoms. The molecule has 6 heteroatoms. The molecule has 6 nitrogen and oxygen atoms in total. The van der Waals surface area contributed by atoms with Crippen LogP contribution in [0.5, 0.6) is 0 Å². The number of hydrogen-bond donors (Lipinski definition) is 0. The van der Waals surface area contributed by atoms with Crippen LogP contribution in [0.15, 0.2) is 35.7 Å². The zero-order valence-corrected chi connectivity index (χ0v) is 7.85. The Balaban J connectivity index is 2.28. The first-order valence-electron chi connectivity index (χ1n) is 4.38. The highest BCUT2D eigenvalue weighted by Gasteiger charge is 1.98. The van der Waals surface area contributed by atoms with Crippen molar-refractivity contribution in [2.24, 2.45) is 5.11 Å². The molecule has 0 saturated carbocycles. The Morgan fingerprint density at radius 2 is 2.53 bits per heavy atom. The van der Waals surface area contributed by atoms with Gasteiger partial charge in [0.25, 0.3) is 0 Å². The van der Waals surface area contributed by atoms with Crippen molar-refractivity contribution in [3.05, 3.63) is 46.7 Å². The van der Waals surface area contributed by atoms with Gasteiger partial charge in [-0.3, -0.25) is 0 Å². The summed E-state index contributed by atoms with van der Waals surface area (Å²) in [6, 6.07) is 3.70. The smallest absolute Gasteiger partial charge is 0.154 e. The van der Waals surface area contributed by atoms with Crippen molar-refractivity contribution >= 4 is 11.7 Å². The van der Waals surface area contributed by atoms with E-state index in [0.717, 1.165) is 11.3 Å². The summed E-state index contributed by atoms with van der Waals surface area (Å²) < 4.78 is 1.71. The molecule has 0 atom stereocenters. The summed E-state index contributed by atoms with van der Waals surface area (Å²) in [7, 11) is 0. The second-order valence-corrected chi connectivity index (χ2v) is 2.79. The van der Waals surface area contributed by atoms with Gasteiger partial charge in [0.1, 0.15) is 0 Å². The van der Waals surface area contributed by atoms with Crippen LogP contribution in [0.25, 0.3) is 22.2 Å². The van der Waals surface area contributed by atoms with Crippen molar-refractivity contribution in [1.82, 2.24) is 14.6 Å². The molecular formula is C9H8N6. The lowest BCUT2D eigenvalue weighted by Gasteiger charge is -1.92. The van der Waals surface area contributed by atoms with E-state index >= 15 is 0 Å². The summed E-state index contributed by atoms with van der Waals surface area (Å²) in [6.07, 6.45) is 6.99. The van der Waals surface area contributed by atoms with Gasteiger partial charge in [0, 0.05) is 17.7 Å². The topological polar surface area (TPSA) is 79.0 Å². The number of aromatic nitrogens is 3. The summed E-state index contributed by atoms with van der Waals surface area (Å²) >= 11 is 0. The average Bonchev–Trinajstić information content (AvgIpc) is 2.68. The highest BCUT2D eigenvalue weighted by atomic mass is 15.2. The molecule has 0 aliphatic rings. The highest BCUT2D eigenvalue weighted by molar-refractivity contribution is 5.50. The second kappa shape index (κ2) is 4.26. The van der Waals surface area contributed by atoms with E-state index in [2.05, 4.69) is 20.1 Å². The van der Waals surface area contributed by atoms with Crippen LogP contribution < -0.4 is 0 Å². The van der Waals surface area contributed by atoms with E-state index in [-0.39, 0.29) is 0 Å². The molecule has 0 aromatic carbocycles. The molecule has 2 heterocycles. The third-order valence-electron chi connectivity index (χ3n) is 1.84. The zero-order valence-electron chi connectivity index (χ0n) is 7.85. The van der Waals surface area contributed by atoms with Crippen molar-refractivity contribution in [3.63, 3.8) is 0 Å². The summed E-state index contributed by atoms with van der Waals surface area (Å²) in [5.41, 5.74) is 9.74. The first-order chi connectivity index (χ1) is 7.42. The van der Waals surface area contributed by atoms with E-state index < -0.39 is 0 Å². The molecule has 0 N–H and O–H groups in total. The van der Waals surface area contributed by atoms with Gasteiger partial charge in [0.05, 0.1) is 11.9 Å². The average molecular weight is 200 g/mol. The Labute approximate surface area is 85.5 Å². The summed E-state index contributed by atoms with van der Waals surface area (Å²) in [5.74, 6) is 0. The monoisotopic (exact) mass is 200 g/mol. The van der Waals surface area contributed by atoms with Crippen molar-refractivity contribution < 1.29 is 0 Å². The van der Waals surface area contributed by atoms with Crippen molar-refractivity contribution in [1.29, 1.82) is 0 Å². The van der Waals surface area contributed by atoms with Gasteiger partial charge in [-0.15, -0.1) is 0 Å². The maximum absolute atomic E-state index is 8.09. The lowest BCUT2D eigenvalue weighted by Crippen LogP contribution is -1.91. The Bertz CT molecular complexity index is 534. The molecular weight excluding hydrogens is 192 g/mol. The maximum Gasteiger partial charge on any atom is 0.154 e. The number of rotatable bonds is 3. The largest absolute Gasteiger partial charge is 0.235 e. The van der Waals surface area contributed by atoms with Crippen molar-refractivity contribution in [2.45, 2.75) is 0 Å². The number of azide groups is 1. The molecule has 0 saturated heterocycles. The van der Waals surface area contributed by atoms with Crippen LogP contribution in [0.3, 0.4) is 0 Å². The van der Waals surface area contributed by atoms with Gasteiger partial charge in [-0.2, -0.15) is 5.10 Å². The lowest BCUT2D eigenvalue weighted by atomic mass is 10.4. The minimum atomic E-state index is 0.330. The van der Waals surface area contributed by atoms with E-state index in [1.165, 1.54) is 0 Å². The molecule has 74 valence electrons. The van der Waals surface area contributed by atoms with Crippen LogP contribution in [-0.2, 0) is 0 Å². The van der Waals surface area contributed by atoms with E-state index in [0.29, 0.717) is 6.54 Å². The molecule has 2 aromatic heterocycles. The van der Waals surface area contributed by atoms with E-state index in [1.807, 2.05) is 18.2 Å². The first kappa shape index (κ1) is 9.23. The van der Waals surface area contributed by atoms with Gasteiger partial charge in [-0.25, -0.2) is 9.50 Å². The molecule has 0 spiro atoms. The predicted octanol–water partition coefficient (Wildman–Crippen LogP) is 2.05. The molecule has 2 rings (SSSR count). The summed E-state index contributed by atoms with van der Waals surface area (Å²) in [5, 5.41) is 7.53. The molecule has 0 aliphatic heterocycles. The van der Waals surface area contributed by atoms with E-state index in [1.54, 1.807) is 23.0 Å². The minimum Gasteiger partial charge on any atom is -0.235 e. The standard InChI is InChI=1S/C9H8N6/c10-14-12-5-1-3-8-7-11-9-4-2-6-13-15(8)9/h1-4,6-7H,5H2. The van der Waals surface area contributed by atoms with Crippen LogP contribution in [0.1, 0.15) is 5.69 Å². The lowest BCUT2D eigenvalue weighted by molar-refractivity contribution is 0.925. The Morgan fingerprint density at radius 3 is 3.40 bits per heavy atom.